The van der Waals surface area contributed by atoms with Gasteiger partial charge in [0.05, 0.1) is 5.60 Å². The van der Waals surface area contributed by atoms with Crippen molar-refractivity contribution in [2.24, 2.45) is 23.0 Å². The minimum atomic E-state index is -0.515. The second-order valence-corrected chi connectivity index (χ2v) is 6.10. The van der Waals surface area contributed by atoms with Gasteiger partial charge in [0.25, 0.3) is 0 Å². The Morgan fingerprint density at radius 3 is 2.40 bits per heavy atom. The molecule has 1 aliphatic carbocycles. The summed E-state index contributed by atoms with van der Waals surface area (Å²) in [6.07, 6.45) is 4.12. The summed E-state index contributed by atoms with van der Waals surface area (Å²) in [5.41, 5.74) is 5.64. The Bertz CT molecular complexity index is 211. The van der Waals surface area contributed by atoms with Crippen molar-refractivity contribution >= 4 is 0 Å². The lowest BCUT2D eigenvalue weighted by Gasteiger charge is -2.48. The summed E-state index contributed by atoms with van der Waals surface area (Å²) >= 11 is 0. The van der Waals surface area contributed by atoms with Crippen LogP contribution >= 0.6 is 0 Å². The maximum absolute atomic E-state index is 10.8. The first-order valence-corrected chi connectivity index (χ1v) is 6.28. The Kier molecular flexibility index (Phi) is 3.83. The number of hydrogen-bond donors (Lipinski definition) is 2. The third-order valence-electron chi connectivity index (χ3n) is 4.40. The van der Waals surface area contributed by atoms with Gasteiger partial charge in [0.1, 0.15) is 0 Å². The van der Waals surface area contributed by atoms with Crippen molar-refractivity contribution in [3.8, 4) is 0 Å². The average Bonchev–Trinajstić information content (AvgIpc) is 2.14. The molecule has 3 atom stereocenters. The summed E-state index contributed by atoms with van der Waals surface area (Å²) in [5, 5.41) is 10.8. The van der Waals surface area contributed by atoms with Crippen LogP contribution in [0, 0.1) is 17.3 Å². The predicted octanol–water partition coefficient (Wildman–Crippen LogP) is 2.55. The van der Waals surface area contributed by atoms with Gasteiger partial charge in [0, 0.05) is 0 Å². The third kappa shape index (κ3) is 2.54. The monoisotopic (exact) mass is 213 g/mol. The van der Waals surface area contributed by atoms with Crippen LogP contribution in [-0.4, -0.2) is 17.3 Å². The zero-order valence-corrected chi connectivity index (χ0v) is 10.7. The van der Waals surface area contributed by atoms with Crippen LogP contribution in [0.2, 0.25) is 0 Å². The molecule has 2 heteroatoms. The second kappa shape index (κ2) is 4.42. The Morgan fingerprint density at radius 1 is 1.40 bits per heavy atom. The highest BCUT2D eigenvalue weighted by Gasteiger charge is 2.46. The van der Waals surface area contributed by atoms with Gasteiger partial charge in [-0.3, -0.25) is 0 Å². The van der Waals surface area contributed by atoms with Gasteiger partial charge in [-0.15, -0.1) is 0 Å². The van der Waals surface area contributed by atoms with E-state index in [0.717, 1.165) is 25.7 Å². The molecule has 1 aliphatic rings. The molecule has 0 amide bonds. The van der Waals surface area contributed by atoms with E-state index in [1.165, 1.54) is 0 Å². The predicted molar refractivity (Wildman–Crippen MR) is 64.6 cm³/mol. The van der Waals surface area contributed by atoms with E-state index in [2.05, 4.69) is 27.7 Å². The van der Waals surface area contributed by atoms with Crippen LogP contribution in [0.1, 0.15) is 53.4 Å². The fourth-order valence-electron chi connectivity index (χ4n) is 3.22. The molecule has 0 spiro atoms. The van der Waals surface area contributed by atoms with Gasteiger partial charge in [-0.1, -0.05) is 27.7 Å². The van der Waals surface area contributed by atoms with Crippen molar-refractivity contribution in [2.75, 3.05) is 6.54 Å². The van der Waals surface area contributed by atoms with Crippen molar-refractivity contribution in [3.63, 3.8) is 0 Å². The minimum absolute atomic E-state index is 0.267. The summed E-state index contributed by atoms with van der Waals surface area (Å²) in [4.78, 5) is 0. The summed E-state index contributed by atoms with van der Waals surface area (Å²) < 4.78 is 0. The summed E-state index contributed by atoms with van der Waals surface area (Å²) in [6, 6.07) is 0. The van der Waals surface area contributed by atoms with E-state index in [1.807, 2.05) is 0 Å². The average molecular weight is 213 g/mol. The van der Waals surface area contributed by atoms with Crippen LogP contribution in [0.15, 0.2) is 0 Å². The molecule has 15 heavy (non-hydrogen) atoms. The molecular weight excluding hydrogens is 186 g/mol. The minimum Gasteiger partial charge on any atom is -0.389 e. The van der Waals surface area contributed by atoms with Crippen molar-refractivity contribution in [3.05, 3.63) is 0 Å². The first-order chi connectivity index (χ1) is 6.85. The van der Waals surface area contributed by atoms with E-state index in [4.69, 9.17) is 5.73 Å². The van der Waals surface area contributed by atoms with E-state index in [1.54, 1.807) is 0 Å². The molecule has 0 aromatic heterocycles. The van der Waals surface area contributed by atoms with Crippen molar-refractivity contribution in [2.45, 2.75) is 59.0 Å². The SMILES string of the molecule is CCC(CN)C1(O)CCC(C)(C)CC1C. The quantitative estimate of drug-likeness (QED) is 0.757. The summed E-state index contributed by atoms with van der Waals surface area (Å²) in [7, 11) is 0. The van der Waals surface area contributed by atoms with Gasteiger partial charge in [-0.25, -0.2) is 0 Å². The molecule has 2 nitrogen and oxygen atoms in total. The van der Waals surface area contributed by atoms with Gasteiger partial charge in [-0.2, -0.15) is 0 Å². The van der Waals surface area contributed by atoms with Crippen LogP contribution < -0.4 is 5.73 Å². The van der Waals surface area contributed by atoms with Crippen LogP contribution in [0.3, 0.4) is 0 Å². The molecule has 0 aromatic carbocycles. The number of rotatable bonds is 3. The topological polar surface area (TPSA) is 46.2 Å². The van der Waals surface area contributed by atoms with Crippen LogP contribution in [0.4, 0.5) is 0 Å². The lowest BCUT2D eigenvalue weighted by Crippen LogP contribution is -2.51. The Labute approximate surface area is 94.2 Å². The van der Waals surface area contributed by atoms with Gasteiger partial charge in [0.15, 0.2) is 0 Å². The van der Waals surface area contributed by atoms with Crippen molar-refractivity contribution < 1.29 is 5.11 Å². The maximum atomic E-state index is 10.8. The number of hydrogen-bond acceptors (Lipinski definition) is 2. The van der Waals surface area contributed by atoms with Crippen LogP contribution in [0.25, 0.3) is 0 Å². The molecule has 1 rings (SSSR count). The standard InChI is InChI=1S/C13H27NO/c1-5-11(9-14)13(15)7-6-12(3,4)8-10(13)2/h10-11,15H,5-9,14H2,1-4H3. The Balaban J connectivity index is 2.78. The molecular formula is C13H27NO. The van der Waals surface area contributed by atoms with E-state index in [-0.39, 0.29) is 5.92 Å². The summed E-state index contributed by atoms with van der Waals surface area (Å²) in [6.45, 7) is 9.51. The smallest absolute Gasteiger partial charge is 0.0713 e. The third-order valence-corrected chi connectivity index (χ3v) is 4.40. The van der Waals surface area contributed by atoms with E-state index >= 15 is 0 Å². The maximum Gasteiger partial charge on any atom is 0.0713 e. The molecule has 0 bridgehead atoms. The molecule has 0 heterocycles. The van der Waals surface area contributed by atoms with Gasteiger partial charge in [0.2, 0.25) is 0 Å². The molecule has 0 aliphatic heterocycles. The molecule has 0 saturated heterocycles. The molecule has 3 N–H and O–H groups in total. The summed E-state index contributed by atoms with van der Waals surface area (Å²) in [5.74, 6) is 0.637. The number of nitrogens with two attached hydrogens (primary N) is 1. The normalized spacial score (nSPS) is 37.6. The fraction of sp³-hybridized carbons (Fsp3) is 1.00. The molecule has 3 unspecified atom stereocenters. The van der Waals surface area contributed by atoms with Gasteiger partial charge < -0.3 is 10.8 Å². The molecule has 1 fully saturated rings. The van der Waals surface area contributed by atoms with E-state index < -0.39 is 5.60 Å². The fourth-order valence-corrected chi connectivity index (χ4v) is 3.22. The Hall–Kier alpha value is -0.0800. The Morgan fingerprint density at radius 2 is 2.00 bits per heavy atom. The van der Waals surface area contributed by atoms with Crippen molar-refractivity contribution in [1.29, 1.82) is 0 Å². The second-order valence-electron chi connectivity index (χ2n) is 6.10. The first-order valence-electron chi connectivity index (χ1n) is 6.28. The van der Waals surface area contributed by atoms with Crippen LogP contribution in [-0.2, 0) is 0 Å². The van der Waals surface area contributed by atoms with E-state index in [0.29, 0.717) is 17.9 Å². The highest BCUT2D eigenvalue weighted by molar-refractivity contribution is 4.97. The molecule has 0 radical (unpaired) electrons. The zero-order chi connectivity index (χ0) is 11.7. The molecule has 90 valence electrons. The first kappa shape index (κ1) is 13.0. The number of aliphatic hydroxyl groups is 1. The van der Waals surface area contributed by atoms with E-state index in [9.17, 15) is 5.11 Å². The van der Waals surface area contributed by atoms with Crippen LogP contribution in [0.5, 0.6) is 0 Å². The molecule has 0 aromatic rings. The lowest BCUT2D eigenvalue weighted by molar-refractivity contribution is -0.111. The molecule has 1 saturated carbocycles. The van der Waals surface area contributed by atoms with Gasteiger partial charge >= 0.3 is 0 Å². The largest absolute Gasteiger partial charge is 0.389 e. The van der Waals surface area contributed by atoms with Gasteiger partial charge in [-0.05, 0) is 49.5 Å². The highest BCUT2D eigenvalue weighted by atomic mass is 16.3. The highest BCUT2D eigenvalue weighted by Crippen LogP contribution is 2.47. The zero-order valence-electron chi connectivity index (χ0n) is 10.7. The lowest BCUT2D eigenvalue weighted by atomic mass is 9.61. The van der Waals surface area contributed by atoms with Crippen molar-refractivity contribution in [1.82, 2.24) is 0 Å².